The number of carboxylic acids is 2. The zero-order chi connectivity index (χ0) is 21.4. The van der Waals surface area contributed by atoms with Gasteiger partial charge in [-0.15, -0.1) is 0 Å². The number of carbonyl (C=O) groups excluding carboxylic acids is 4. The number of anilines is 1. The molecule has 1 atom stereocenters. The summed E-state index contributed by atoms with van der Waals surface area (Å²) in [5, 5.41) is 22.0. The summed E-state index contributed by atoms with van der Waals surface area (Å²) in [5.41, 5.74) is 2.61. The summed E-state index contributed by atoms with van der Waals surface area (Å²) in [5.74, 6) is -3.89. The summed E-state index contributed by atoms with van der Waals surface area (Å²) in [6.07, 6.45) is 2.51. The SMILES string of the molecule is CCCCC1C(=O)NN(c2ccccc2)C1=O.O=C([O-])c1ccccc1C(=O)[O-].[Cu+2]. The molecule has 1 heterocycles. The topological polar surface area (TPSA) is 130 Å². The van der Waals surface area contributed by atoms with Crippen LogP contribution >= 0.6 is 0 Å². The molecule has 2 aromatic rings. The van der Waals surface area contributed by atoms with Crippen LogP contribution in [0.4, 0.5) is 5.69 Å². The fourth-order valence-electron chi connectivity index (χ4n) is 2.78. The van der Waals surface area contributed by atoms with Crippen molar-refractivity contribution in [3.05, 3.63) is 65.7 Å². The third kappa shape index (κ3) is 6.17. The van der Waals surface area contributed by atoms with E-state index >= 15 is 0 Å². The first kappa shape index (κ1) is 24.9. The Bertz CT molecular complexity index is 870. The molecule has 2 amide bonds. The number of carboxylic acid groups (broad SMARTS) is 2. The number of hydrogen-bond acceptors (Lipinski definition) is 6. The van der Waals surface area contributed by atoms with Gasteiger partial charge >= 0.3 is 17.1 Å². The molecular formula is C21H20CuN2O6. The molecule has 9 heteroatoms. The summed E-state index contributed by atoms with van der Waals surface area (Å²) in [6, 6.07) is 14.3. The molecule has 1 radical (unpaired) electrons. The van der Waals surface area contributed by atoms with Crippen LogP contribution in [0.3, 0.4) is 0 Å². The van der Waals surface area contributed by atoms with Gasteiger partial charge in [0.2, 0.25) is 0 Å². The van der Waals surface area contributed by atoms with E-state index in [2.05, 4.69) is 5.43 Å². The van der Waals surface area contributed by atoms with Gasteiger partial charge in [0, 0.05) is 11.1 Å². The molecule has 3 rings (SSSR count). The first-order valence-corrected chi connectivity index (χ1v) is 9.08. The van der Waals surface area contributed by atoms with Crippen molar-refractivity contribution < 1.29 is 46.5 Å². The van der Waals surface area contributed by atoms with E-state index in [1.54, 1.807) is 12.1 Å². The van der Waals surface area contributed by atoms with E-state index in [-0.39, 0.29) is 40.0 Å². The van der Waals surface area contributed by atoms with Gasteiger partial charge in [-0.2, -0.15) is 0 Å². The van der Waals surface area contributed by atoms with Crippen LogP contribution in [-0.2, 0) is 26.7 Å². The van der Waals surface area contributed by atoms with Crippen molar-refractivity contribution >= 4 is 29.4 Å². The Balaban J connectivity index is 0.000000308. The fraction of sp³-hybridized carbons (Fsp3) is 0.238. The Morgan fingerprint density at radius 3 is 1.90 bits per heavy atom. The van der Waals surface area contributed by atoms with Crippen LogP contribution in [0.2, 0.25) is 0 Å². The molecule has 0 bridgehead atoms. The van der Waals surface area contributed by atoms with Gasteiger partial charge in [0.05, 0.1) is 17.6 Å². The van der Waals surface area contributed by atoms with Gasteiger partial charge < -0.3 is 19.8 Å². The Morgan fingerprint density at radius 2 is 1.43 bits per heavy atom. The predicted molar refractivity (Wildman–Crippen MR) is 100 cm³/mol. The maximum absolute atomic E-state index is 12.1. The van der Waals surface area contributed by atoms with E-state index in [0.29, 0.717) is 12.1 Å². The minimum absolute atomic E-state index is 0. The third-order valence-corrected chi connectivity index (χ3v) is 4.28. The second kappa shape index (κ2) is 11.7. The first-order valence-electron chi connectivity index (χ1n) is 9.08. The van der Waals surface area contributed by atoms with E-state index < -0.39 is 17.9 Å². The maximum Gasteiger partial charge on any atom is 2.00 e. The average Bonchev–Trinajstić information content (AvgIpc) is 3.01. The van der Waals surface area contributed by atoms with E-state index in [1.165, 1.54) is 17.1 Å². The van der Waals surface area contributed by atoms with Crippen molar-refractivity contribution in [3.63, 3.8) is 0 Å². The van der Waals surface area contributed by atoms with Crippen LogP contribution in [0.5, 0.6) is 0 Å². The summed E-state index contributed by atoms with van der Waals surface area (Å²) in [6.45, 7) is 2.05. The molecule has 2 aromatic carbocycles. The van der Waals surface area contributed by atoms with Gasteiger partial charge in [-0.1, -0.05) is 62.2 Å². The standard InChI is InChI=1S/C13H16N2O2.C8H6O4.Cu/c1-2-3-9-11-12(16)14-15(13(11)17)10-7-5-4-6-8-10;9-7(10)5-3-1-2-4-6(5)8(11)12;/h4-8,11H,2-3,9H2,1H3,(H,14,16);1-4H,(H,9,10)(H,11,12);/q;;+2/p-2. The zero-order valence-electron chi connectivity index (χ0n) is 16.1. The van der Waals surface area contributed by atoms with Crippen LogP contribution in [0.15, 0.2) is 54.6 Å². The Kier molecular flexibility index (Phi) is 9.74. The van der Waals surface area contributed by atoms with Crippen molar-refractivity contribution in [1.82, 2.24) is 5.43 Å². The van der Waals surface area contributed by atoms with Crippen molar-refractivity contribution in [2.45, 2.75) is 26.2 Å². The molecular weight excluding hydrogens is 440 g/mol. The molecule has 1 aliphatic heterocycles. The molecule has 0 saturated carbocycles. The molecule has 1 fully saturated rings. The number of hydrazine groups is 1. The van der Waals surface area contributed by atoms with Gasteiger partial charge in [0.25, 0.3) is 11.8 Å². The maximum atomic E-state index is 12.1. The quantitative estimate of drug-likeness (QED) is 0.488. The van der Waals surface area contributed by atoms with Gasteiger partial charge in [-0.05, 0) is 18.6 Å². The van der Waals surface area contributed by atoms with Crippen LogP contribution in [0, 0.1) is 5.92 Å². The molecule has 0 aliphatic carbocycles. The number of unbranched alkanes of at least 4 members (excludes halogenated alkanes) is 1. The molecule has 1 unspecified atom stereocenters. The van der Waals surface area contributed by atoms with Crippen LogP contribution < -0.4 is 20.6 Å². The van der Waals surface area contributed by atoms with Crippen molar-refractivity contribution in [2.75, 3.05) is 5.01 Å². The molecule has 1 saturated heterocycles. The minimum atomic E-state index is -1.52. The van der Waals surface area contributed by atoms with E-state index in [1.807, 2.05) is 25.1 Å². The number of benzene rings is 2. The smallest absolute Gasteiger partial charge is 0.545 e. The Morgan fingerprint density at radius 1 is 0.933 bits per heavy atom. The number of nitrogens with zero attached hydrogens (tertiary/aromatic N) is 1. The molecule has 1 aliphatic rings. The van der Waals surface area contributed by atoms with Crippen LogP contribution in [-0.4, -0.2) is 23.8 Å². The van der Waals surface area contributed by atoms with Gasteiger partial charge in [0.1, 0.15) is 5.92 Å². The van der Waals surface area contributed by atoms with Gasteiger partial charge in [-0.3, -0.25) is 15.0 Å². The molecule has 0 spiro atoms. The number of nitrogens with one attached hydrogen (secondary N) is 1. The van der Waals surface area contributed by atoms with Crippen LogP contribution in [0.25, 0.3) is 0 Å². The summed E-state index contributed by atoms with van der Waals surface area (Å²) < 4.78 is 0. The number of carbonyl (C=O) groups is 4. The van der Waals surface area contributed by atoms with Crippen molar-refractivity contribution in [1.29, 1.82) is 0 Å². The van der Waals surface area contributed by atoms with Crippen LogP contribution in [0.1, 0.15) is 46.9 Å². The fourth-order valence-corrected chi connectivity index (χ4v) is 2.78. The van der Waals surface area contributed by atoms with E-state index in [4.69, 9.17) is 0 Å². The number of hydrogen-bond donors (Lipinski definition) is 1. The summed E-state index contributed by atoms with van der Waals surface area (Å²) in [4.78, 5) is 44.4. The number of para-hydroxylation sites is 1. The predicted octanol–water partition coefficient (Wildman–Crippen LogP) is 0.282. The third-order valence-electron chi connectivity index (χ3n) is 4.28. The zero-order valence-corrected chi connectivity index (χ0v) is 17.0. The van der Waals surface area contributed by atoms with Crippen molar-refractivity contribution in [3.8, 4) is 0 Å². The summed E-state index contributed by atoms with van der Waals surface area (Å²) >= 11 is 0. The normalized spacial score (nSPS) is 14.8. The second-order valence-corrected chi connectivity index (χ2v) is 6.30. The number of aromatic carboxylic acids is 2. The monoisotopic (exact) mass is 459 g/mol. The largest absolute Gasteiger partial charge is 2.00 e. The number of rotatable bonds is 6. The molecule has 161 valence electrons. The average molecular weight is 460 g/mol. The second-order valence-electron chi connectivity index (χ2n) is 6.30. The summed E-state index contributed by atoms with van der Waals surface area (Å²) in [7, 11) is 0. The number of amides is 2. The molecule has 30 heavy (non-hydrogen) atoms. The molecule has 0 aromatic heterocycles. The van der Waals surface area contributed by atoms with Crippen molar-refractivity contribution in [2.24, 2.45) is 5.92 Å². The molecule has 1 N–H and O–H groups in total. The van der Waals surface area contributed by atoms with E-state index in [0.717, 1.165) is 25.0 Å². The minimum Gasteiger partial charge on any atom is -0.545 e. The Hall–Kier alpha value is -3.16. The van der Waals surface area contributed by atoms with E-state index in [9.17, 15) is 29.4 Å². The van der Waals surface area contributed by atoms with Gasteiger partial charge in [-0.25, -0.2) is 5.01 Å². The first-order chi connectivity index (χ1) is 13.9. The van der Waals surface area contributed by atoms with Gasteiger partial charge in [0.15, 0.2) is 0 Å². The Labute approximate surface area is 184 Å². The molecule has 8 nitrogen and oxygen atoms in total.